The molecule has 104 valence electrons. The first-order valence-electron chi connectivity index (χ1n) is 6.89. The first kappa shape index (κ1) is 12.8. The van der Waals surface area contributed by atoms with Crippen LogP contribution in [-0.4, -0.2) is 34.1 Å². The molecular formula is C15H17N3O2. The summed E-state index contributed by atoms with van der Waals surface area (Å²) in [4.78, 5) is 25.0. The molecule has 5 nitrogen and oxygen atoms in total. The normalized spacial score (nSPS) is 16.6. The number of carbonyl (C=O) groups excluding carboxylic acids is 1. The standard InChI is InChI=1S/C15H17N3O2/c1-10(19)18-8-6-11(7-9-18)14-12-4-2-3-5-13(12)15(20)17-16-14/h2-5,11H,6-9H2,1H3,(H,17,20). The van der Waals surface area contributed by atoms with Crippen molar-refractivity contribution in [1.29, 1.82) is 0 Å². The lowest BCUT2D eigenvalue weighted by atomic mass is 9.90. The van der Waals surface area contributed by atoms with Gasteiger partial charge in [-0.3, -0.25) is 9.59 Å². The Bertz CT molecular complexity index is 700. The van der Waals surface area contributed by atoms with Gasteiger partial charge >= 0.3 is 0 Å². The van der Waals surface area contributed by atoms with Gasteiger partial charge in [0.15, 0.2) is 0 Å². The van der Waals surface area contributed by atoms with Gasteiger partial charge in [0.2, 0.25) is 5.91 Å². The van der Waals surface area contributed by atoms with Crippen LogP contribution in [0.4, 0.5) is 0 Å². The van der Waals surface area contributed by atoms with Crippen molar-refractivity contribution in [3.63, 3.8) is 0 Å². The predicted molar refractivity (Wildman–Crippen MR) is 76.6 cm³/mol. The van der Waals surface area contributed by atoms with Crippen LogP contribution in [0.3, 0.4) is 0 Å². The van der Waals surface area contributed by atoms with E-state index >= 15 is 0 Å². The zero-order valence-electron chi connectivity index (χ0n) is 11.4. The molecule has 1 aromatic heterocycles. The van der Waals surface area contributed by atoms with Crippen molar-refractivity contribution in [2.75, 3.05) is 13.1 Å². The molecule has 1 aromatic carbocycles. The van der Waals surface area contributed by atoms with Crippen molar-refractivity contribution in [1.82, 2.24) is 15.1 Å². The summed E-state index contributed by atoms with van der Waals surface area (Å²) in [6.07, 6.45) is 1.78. The molecule has 1 aliphatic heterocycles. The van der Waals surface area contributed by atoms with Crippen molar-refractivity contribution < 1.29 is 4.79 Å². The van der Waals surface area contributed by atoms with Gasteiger partial charge in [-0.2, -0.15) is 5.10 Å². The number of rotatable bonds is 1. The predicted octanol–water partition coefficient (Wildman–Crippen LogP) is 1.65. The van der Waals surface area contributed by atoms with Gasteiger partial charge in [-0.25, -0.2) is 5.10 Å². The SMILES string of the molecule is CC(=O)N1CCC(c2n[nH]c(=O)c3ccccc23)CC1. The maximum atomic E-state index is 11.8. The van der Waals surface area contributed by atoms with Crippen molar-refractivity contribution in [2.45, 2.75) is 25.7 Å². The lowest BCUT2D eigenvalue weighted by Crippen LogP contribution is -2.36. The maximum Gasteiger partial charge on any atom is 0.272 e. The van der Waals surface area contributed by atoms with Crippen molar-refractivity contribution in [2.24, 2.45) is 0 Å². The van der Waals surface area contributed by atoms with Gasteiger partial charge in [0.05, 0.1) is 11.1 Å². The summed E-state index contributed by atoms with van der Waals surface area (Å²) in [6.45, 7) is 3.12. The lowest BCUT2D eigenvalue weighted by molar-refractivity contribution is -0.129. The van der Waals surface area contributed by atoms with Crippen LogP contribution in [0.5, 0.6) is 0 Å². The Labute approximate surface area is 116 Å². The number of aromatic nitrogens is 2. The molecule has 5 heteroatoms. The Morgan fingerprint density at radius 1 is 1.25 bits per heavy atom. The van der Waals surface area contributed by atoms with Gasteiger partial charge in [0.1, 0.15) is 0 Å². The summed E-state index contributed by atoms with van der Waals surface area (Å²) in [7, 11) is 0. The monoisotopic (exact) mass is 271 g/mol. The number of aromatic amines is 1. The Balaban J connectivity index is 1.94. The molecule has 0 atom stereocenters. The maximum absolute atomic E-state index is 11.8. The molecule has 1 aliphatic rings. The molecule has 0 bridgehead atoms. The third-order valence-corrected chi connectivity index (χ3v) is 4.05. The molecule has 0 unspecified atom stereocenters. The van der Waals surface area contributed by atoms with E-state index in [1.54, 1.807) is 6.92 Å². The molecule has 0 saturated carbocycles. The highest BCUT2D eigenvalue weighted by Crippen LogP contribution is 2.30. The number of piperidine rings is 1. The zero-order valence-corrected chi connectivity index (χ0v) is 11.4. The molecular weight excluding hydrogens is 254 g/mol. The minimum Gasteiger partial charge on any atom is -0.343 e. The fraction of sp³-hybridized carbons (Fsp3) is 0.400. The van der Waals surface area contributed by atoms with Crippen molar-refractivity contribution in [3.8, 4) is 0 Å². The average molecular weight is 271 g/mol. The number of likely N-dealkylation sites (tertiary alicyclic amines) is 1. The van der Waals surface area contributed by atoms with Crippen LogP contribution < -0.4 is 5.56 Å². The third kappa shape index (κ3) is 2.19. The van der Waals surface area contributed by atoms with Crippen LogP contribution in [0.2, 0.25) is 0 Å². The second-order valence-electron chi connectivity index (χ2n) is 5.26. The van der Waals surface area contributed by atoms with E-state index < -0.39 is 0 Å². The summed E-state index contributed by atoms with van der Waals surface area (Å²) in [5.41, 5.74) is 0.800. The summed E-state index contributed by atoms with van der Waals surface area (Å²) >= 11 is 0. The summed E-state index contributed by atoms with van der Waals surface area (Å²) in [5, 5.41) is 8.46. The second-order valence-corrected chi connectivity index (χ2v) is 5.26. The molecule has 0 aliphatic carbocycles. The van der Waals surface area contributed by atoms with E-state index in [0.29, 0.717) is 11.3 Å². The van der Waals surface area contributed by atoms with E-state index in [9.17, 15) is 9.59 Å². The van der Waals surface area contributed by atoms with Crippen LogP contribution in [0.15, 0.2) is 29.1 Å². The number of fused-ring (bicyclic) bond motifs is 1. The van der Waals surface area contributed by atoms with E-state index in [0.717, 1.165) is 37.0 Å². The smallest absolute Gasteiger partial charge is 0.272 e. The van der Waals surface area contributed by atoms with Crippen LogP contribution in [0, 0.1) is 0 Å². The fourth-order valence-corrected chi connectivity index (χ4v) is 2.91. The Morgan fingerprint density at radius 3 is 2.55 bits per heavy atom. The molecule has 20 heavy (non-hydrogen) atoms. The number of hydrogen-bond donors (Lipinski definition) is 1. The van der Waals surface area contributed by atoms with Crippen LogP contribution in [0.1, 0.15) is 31.4 Å². The van der Waals surface area contributed by atoms with Gasteiger partial charge < -0.3 is 4.90 Å². The largest absolute Gasteiger partial charge is 0.343 e. The molecule has 1 fully saturated rings. The van der Waals surface area contributed by atoms with Gasteiger partial charge in [-0.15, -0.1) is 0 Å². The van der Waals surface area contributed by atoms with Crippen LogP contribution in [0.25, 0.3) is 10.8 Å². The number of hydrogen-bond acceptors (Lipinski definition) is 3. The molecule has 2 heterocycles. The quantitative estimate of drug-likeness (QED) is 0.857. The van der Waals surface area contributed by atoms with Gasteiger partial charge in [0.25, 0.3) is 5.56 Å². The molecule has 0 spiro atoms. The topological polar surface area (TPSA) is 66.1 Å². The molecule has 1 saturated heterocycles. The number of amides is 1. The first-order valence-corrected chi connectivity index (χ1v) is 6.89. The number of H-pyrrole nitrogens is 1. The minimum absolute atomic E-state index is 0.128. The van der Waals surface area contributed by atoms with E-state index in [1.165, 1.54) is 0 Å². The Morgan fingerprint density at radius 2 is 1.90 bits per heavy atom. The lowest BCUT2D eigenvalue weighted by Gasteiger charge is -2.31. The number of nitrogens with one attached hydrogen (secondary N) is 1. The van der Waals surface area contributed by atoms with Gasteiger partial charge in [-0.05, 0) is 18.9 Å². The third-order valence-electron chi connectivity index (χ3n) is 4.05. The Kier molecular flexibility index (Phi) is 3.26. The number of carbonyl (C=O) groups is 1. The fourth-order valence-electron chi connectivity index (χ4n) is 2.91. The highest BCUT2D eigenvalue weighted by atomic mass is 16.2. The van der Waals surface area contributed by atoms with Gasteiger partial charge in [0, 0.05) is 31.3 Å². The average Bonchev–Trinajstić information content (AvgIpc) is 2.48. The first-order chi connectivity index (χ1) is 9.66. The second kappa shape index (κ2) is 5.07. The Hall–Kier alpha value is -2.17. The molecule has 1 amide bonds. The summed E-state index contributed by atoms with van der Waals surface area (Å²) in [5.74, 6) is 0.426. The summed E-state index contributed by atoms with van der Waals surface area (Å²) < 4.78 is 0. The van der Waals surface area contributed by atoms with Crippen molar-refractivity contribution >= 4 is 16.7 Å². The van der Waals surface area contributed by atoms with Crippen molar-refractivity contribution in [3.05, 3.63) is 40.3 Å². The minimum atomic E-state index is -0.148. The van der Waals surface area contributed by atoms with Crippen LogP contribution in [-0.2, 0) is 4.79 Å². The summed E-state index contributed by atoms with van der Waals surface area (Å²) in [6, 6.07) is 7.56. The molecule has 3 rings (SSSR count). The molecule has 2 aromatic rings. The van der Waals surface area contributed by atoms with E-state index in [4.69, 9.17) is 0 Å². The van der Waals surface area contributed by atoms with Crippen LogP contribution >= 0.6 is 0 Å². The highest BCUT2D eigenvalue weighted by molar-refractivity contribution is 5.83. The number of nitrogens with zero attached hydrogens (tertiary/aromatic N) is 2. The van der Waals surface area contributed by atoms with Gasteiger partial charge in [-0.1, -0.05) is 18.2 Å². The number of benzene rings is 1. The molecule has 0 radical (unpaired) electrons. The molecule has 1 N–H and O–H groups in total. The zero-order chi connectivity index (χ0) is 14.1. The van der Waals surface area contributed by atoms with E-state index in [1.807, 2.05) is 29.2 Å². The van der Waals surface area contributed by atoms with E-state index in [-0.39, 0.29) is 11.5 Å². The van der Waals surface area contributed by atoms with E-state index in [2.05, 4.69) is 10.2 Å². The highest BCUT2D eigenvalue weighted by Gasteiger charge is 2.24.